The largest absolute Gasteiger partial charge is 0.243 e. The number of aryl methyl sites for hydroxylation is 1. The molecule has 1 heterocycles. The van der Waals surface area contributed by atoms with Gasteiger partial charge in [0.2, 0.25) is 0 Å². The molecule has 0 aliphatic carbocycles. The van der Waals surface area contributed by atoms with Crippen molar-refractivity contribution >= 4 is 39.7 Å². The van der Waals surface area contributed by atoms with Gasteiger partial charge in [0.05, 0.1) is 32.9 Å². The minimum absolute atomic E-state index is 0.114. The Labute approximate surface area is 182 Å². The summed E-state index contributed by atoms with van der Waals surface area (Å²) in [5.41, 5.74) is 3.51. The van der Waals surface area contributed by atoms with Gasteiger partial charge in [0.1, 0.15) is 5.82 Å². The predicted molar refractivity (Wildman–Crippen MR) is 122 cm³/mol. The number of aromatic nitrogens is 2. The van der Waals surface area contributed by atoms with Gasteiger partial charge in [-0.3, -0.25) is 0 Å². The molecule has 0 aliphatic rings. The molecule has 154 valence electrons. The van der Waals surface area contributed by atoms with Gasteiger partial charge < -0.3 is 0 Å². The van der Waals surface area contributed by atoms with Crippen molar-refractivity contribution in [1.82, 2.24) is 14.5 Å². The predicted octanol–water partition coefficient (Wildman–Crippen LogP) is 4.27. The Bertz CT molecular complexity index is 1210. The Morgan fingerprint density at radius 2 is 2.20 bits per heavy atom. The van der Waals surface area contributed by atoms with Crippen LogP contribution in [0.3, 0.4) is 0 Å². The highest BCUT2D eigenvalue weighted by atomic mass is 35.5. The highest BCUT2D eigenvalue weighted by Crippen LogP contribution is 2.29. The number of aliphatic imine (C=N–C) groups is 1. The average molecular weight is 443 g/mol. The lowest BCUT2D eigenvalue weighted by atomic mass is 10.1. The number of terminal acetylenes is 1. The summed E-state index contributed by atoms with van der Waals surface area (Å²) in [6.07, 6.45) is 12.3. The first kappa shape index (κ1) is 21.9. The van der Waals surface area contributed by atoms with Gasteiger partial charge in [-0.2, -0.15) is 5.10 Å². The monoisotopic (exact) mass is 442 g/mol. The Kier molecular flexibility index (Phi) is 7.16. The van der Waals surface area contributed by atoms with Crippen LogP contribution >= 0.6 is 11.6 Å². The lowest BCUT2D eigenvalue weighted by molar-refractivity contribution is 0.604. The van der Waals surface area contributed by atoms with E-state index in [1.165, 1.54) is 24.6 Å². The zero-order valence-electron chi connectivity index (χ0n) is 16.5. The third-order valence-corrected chi connectivity index (χ3v) is 5.26. The standard InChI is InChI=1S/C22H20ClFN4OS/c1-4-25-10-6-5-7-20-17-11-15(2)8-9-21(17)28(27-20)22-13-19(24)16(12-18(22)23)14-26-30(3)29/h1,5-6,8-13,26H,7,14H2,2-3H3/b6-5-,25-10?. The second kappa shape index (κ2) is 9.81. The summed E-state index contributed by atoms with van der Waals surface area (Å²) in [5, 5.41) is 6.00. The van der Waals surface area contributed by atoms with Gasteiger partial charge in [-0.05, 0) is 31.2 Å². The normalized spacial score (nSPS) is 12.8. The zero-order valence-corrected chi connectivity index (χ0v) is 18.1. The third kappa shape index (κ3) is 5.03. The lowest BCUT2D eigenvalue weighted by Crippen LogP contribution is -2.16. The average Bonchev–Trinajstić information content (AvgIpc) is 3.05. The zero-order chi connectivity index (χ0) is 21.7. The summed E-state index contributed by atoms with van der Waals surface area (Å²) in [5.74, 6) is -0.449. The molecule has 0 saturated carbocycles. The van der Waals surface area contributed by atoms with E-state index in [4.69, 9.17) is 18.0 Å². The van der Waals surface area contributed by atoms with E-state index < -0.39 is 16.8 Å². The number of fused-ring (bicyclic) bond motifs is 1. The molecule has 0 saturated heterocycles. The number of benzene rings is 2. The lowest BCUT2D eigenvalue weighted by Gasteiger charge is -2.10. The Morgan fingerprint density at radius 1 is 1.40 bits per heavy atom. The number of halogens is 2. The van der Waals surface area contributed by atoms with Crippen LogP contribution in [-0.4, -0.2) is 26.5 Å². The van der Waals surface area contributed by atoms with Crippen LogP contribution < -0.4 is 4.72 Å². The highest BCUT2D eigenvalue weighted by molar-refractivity contribution is 7.82. The van der Waals surface area contributed by atoms with Crippen LogP contribution in [0.1, 0.15) is 16.8 Å². The molecule has 1 aromatic heterocycles. The molecule has 0 spiro atoms. The molecule has 30 heavy (non-hydrogen) atoms. The first-order chi connectivity index (χ1) is 14.4. The Hall–Kier alpha value is -2.79. The van der Waals surface area contributed by atoms with Gasteiger partial charge in [-0.25, -0.2) is 23.0 Å². The van der Waals surface area contributed by atoms with Gasteiger partial charge in [0, 0.05) is 48.5 Å². The van der Waals surface area contributed by atoms with Crippen molar-refractivity contribution in [2.75, 3.05) is 6.26 Å². The summed E-state index contributed by atoms with van der Waals surface area (Å²) >= 11 is 6.47. The van der Waals surface area contributed by atoms with Crippen LogP contribution in [0.4, 0.5) is 4.39 Å². The van der Waals surface area contributed by atoms with E-state index in [0.717, 1.165) is 22.2 Å². The molecule has 1 N–H and O–H groups in total. The SMILES string of the molecule is C#CN=C/C=C\Cc1nn(-c2cc(F)c(CNS(C)=O)cc2Cl)c2ccc(C)cc12. The summed E-state index contributed by atoms with van der Waals surface area (Å²) in [6.45, 7) is 2.12. The molecule has 5 nitrogen and oxygen atoms in total. The quantitative estimate of drug-likeness (QED) is 0.439. The van der Waals surface area contributed by atoms with Crippen LogP contribution in [-0.2, 0) is 24.0 Å². The van der Waals surface area contributed by atoms with Gasteiger partial charge in [-0.15, -0.1) is 0 Å². The maximum Gasteiger partial charge on any atom is 0.129 e. The molecule has 0 amide bonds. The number of rotatable bonds is 7. The summed E-state index contributed by atoms with van der Waals surface area (Å²) in [4.78, 5) is 3.69. The molecule has 0 bridgehead atoms. The minimum Gasteiger partial charge on any atom is -0.243 e. The Morgan fingerprint density at radius 3 is 2.93 bits per heavy atom. The molecular formula is C22H20ClFN4OS. The summed E-state index contributed by atoms with van der Waals surface area (Å²) in [6, 6.07) is 11.0. The number of nitrogens with zero attached hydrogens (tertiary/aromatic N) is 3. The van der Waals surface area contributed by atoms with E-state index in [2.05, 4.69) is 20.9 Å². The maximum atomic E-state index is 14.7. The number of nitrogens with one attached hydrogen (secondary N) is 1. The molecule has 1 unspecified atom stereocenters. The van der Waals surface area contributed by atoms with Gasteiger partial charge in [0.25, 0.3) is 0 Å². The molecule has 0 fully saturated rings. The topological polar surface area (TPSA) is 59.3 Å². The van der Waals surface area contributed by atoms with E-state index in [9.17, 15) is 8.60 Å². The Balaban J connectivity index is 2.05. The fourth-order valence-electron chi connectivity index (χ4n) is 3.01. The van der Waals surface area contributed by atoms with E-state index >= 15 is 0 Å². The smallest absolute Gasteiger partial charge is 0.129 e. The first-order valence-electron chi connectivity index (χ1n) is 9.08. The van der Waals surface area contributed by atoms with Crippen LogP contribution in [0.25, 0.3) is 16.6 Å². The first-order valence-corrected chi connectivity index (χ1v) is 11.0. The molecule has 1 atom stereocenters. The number of allylic oxidation sites excluding steroid dienone is 2. The van der Waals surface area contributed by atoms with Crippen molar-refractivity contribution in [1.29, 1.82) is 0 Å². The van der Waals surface area contributed by atoms with Crippen molar-refractivity contribution in [3.8, 4) is 18.2 Å². The molecule has 3 aromatic rings. The van der Waals surface area contributed by atoms with E-state index in [1.54, 1.807) is 10.8 Å². The number of hydrogen-bond donors (Lipinski definition) is 1. The van der Waals surface area contributed by atoms with E-state index in [1.807, 2.05) is 31.2 Å². The second-order valence-corrected chi connectivity index (χ2v) is 8.19. The summed E-state index contributed by atoms with van der Waals surface area (Å²) in [7, 11) is -1.25. The van der Waals surface area contributed by atoms with Gasteiger partial charge in [0.15, 0.2) is 0 Å². The van der Waals surface area contributed by atoms with Crippen LogP contribution in [0, 0.1) is 25.2 Å². The maximum absolute atomic E-state index is 14.7. The molecule has 8 heteroatoms. The molecule has 0 radical (unpaired) electrons. The fourth-order valence-corrected chi connectivity index (χ4v) is 3.63. The van der Waals surface area contributed by atoms with E-state index in [0.29, 0.717) is 22.7 Å². The molecular weight excluding hydrogens is 423 g/mol. The van der Waals surface area contributed by atoms with Crippen LogP contribution in [0.15, 0.2) is 47.5 Å². The van der Waals surface area contributed by atoms with Crippen LogP contribution in [0.5, 0.6) is 0 Å². The number of hydrogen-bond acceptors (Lipinski definition) is 3. The third-order valence-electron chi connectivity index (χ3n) is 4.40. The second-order valence-electron chi connectivity index (χ2n) is 6.59. The van der Waals surface area contributed by atoms with Crippen molar-refractivity contribution in [2.24, 2.45) is 4.99 Å². The minimum atomic E-state index is -1.25. The van der Waals surface area contributed by atoms with Crippen LogP contribution in [0.2, 0.25) is 5.02 Å². The van der Waals surface area contributed by atoms with E-state index in [-0.39, 0.29) is 6.54 Å². The van der Waals surface area contributed by atoms with Gasteiger partial charge >= 0.3 is 0 Å². The van der Waals surface area contributed by atoms with Crippen molar-refractivity contribution in [3.63, 3.8) is 0 Å². The van der Waals surface area contributed by atoms with Crippen molar-refractivity contribution in [3.05, 3.63) is 70.1 Å². The fraction of sp³-hybridized carbons (Fsp3) is 0.182. The molecule has 0 aliphatic heterocycles. The van der Waals surface area contributed by atoms with Crippen molar-refractivity contribution < 1.29 is 8.60 Å². The highest BCUT2D eigenvalue weighted by Gasteiger charge is 2.16. The summed E-state index contributed by atoms with van der Waals surface area (Å²) < 4.78 is 30.2. The molecule has 3 rings (SSSR count). The van der Waals surface area contributed by atoms with Crippen molar-refractivity contribution in [2.45, 2.75) is 19.9 Å². The molecule has 2 aromatic carbocycles. The van der Waals surface area contributed by atoms with Gasteiger partial charge in [-0.1, -0.05) is 35.7 Å².